The number of fused-ring (bicyclic) bond motifs is 2. The van der Waals surface area contributed by atoms with E-state index in [-0.39, 0.29) is 167 Å². The molecule has 33 heteroatoms. The summed E-state index contributed by atoms with van der Waals surface area (Å²) in [4.78, 5) is 151. The fourth-order valence-corrected chi connectivity index (χ4v) is 11.2. The molecule has 2 aliphatic heterocycles. The minimum atomic E-state index is -1.53. The lowest BCUT2D eigenvalue weighted by atomic mass is 10.0. The van der Waals surface area contributed by atoms with Gasteiger partial charge in [0.05, 0.1) is 45.7 Å². The first kappa shape index (κ1) is 79.8. The normalized spacial score (nSPS) is 21.1. The van der Waals surface area contributed by atoms with Gasteiger partial charge >= 0.3 is 0 Å². The molecule has 2 fully saturated rings. The van der Waals surface area contributed by atoms with Crippen LogP contribution in [-0.2, 0) is 79.9 Å². The molecule has 0 aliphatic carbocycles. The maximum atomic E-state index is 15.2. The topological polar surface area (TPSA) is 513 Å². The number of rotatable bonds is 33. The van der Waals surface area contributed by atoms with Crippen LogP contribution in [0.1, 0.15) is 114 Å². The Labute approximate surface area is 569 Å². The van der Waals surface area contributed by atoms with Crippen LogP contribution in [-0.4, -0.2) is 225 Å². The molecule has 0 radical (unpaired) electrons. The molecule has 2 aromatic carbocycles. The zero-order valence-electron chi connectivity index (χ0n) is 55.8. The maximum Gasteiger partial charge on any atom is 0.245 e. The molecule has 542 valence electrons. The molecule has 2 saturated heterocycles. The lowest BCUT2D eigenvalue weighted by Gasteiger charge is -2.31. The van der Waals surface area contributed by atoms with Gasteiger partial charge in [-0.25, -0.2) is 4.89 Å². The number of Topliss-reactive ketones (excluding diaryl/α,β-unsaturated/α-hetero) is 1. The van der Waals surface area contributed by atoms with Crippen LogP contribution in [0.5, 0.6) is 0 Å². The average Bonchev–Trinajstić information content (AvgIpc) is 1.64. The van der Waals surface area contributed by atoms with Crippen LogP contribution in [0.25, 0.3) is 10.9 Å². The molecule has 98 heavy (non-hydrogen) atoms. The molecular formula is C65H101N17O16. The number of aromatic amines is 1. The van der Waals surface area contributed by atoms with E-state index >= 15 is 4.79 Å². The van der Waals surface area contributed by atoms with Crippen molar-refractivity contribution in [3.05, 3.63) is 71.9 Å². The van der Waals surface area contributed by atoms with Crippen molar-refractivity contribution in [1.29, 1.82) is 10.8 Å². The SMILES string of the molecule is CCCC[C@H](NC(=O)[C@H](CCCNC(=N)N)NC(=O)CCOCCOCCOCCOO)C(=O)N[C@H]1CCC(=O)CCNCCCC[C@@H](C(N)=O)NC(=O)[C@H](Cc2c[nH]c3ccccc23)NC(=O)[C@H](CCCNC(=N)N)NC(=O)[C@@H](Cc2ccccc2)NC(=O)[C@@H]2C[C@@H](O)CN2C1=O. The van der Waals surface area contributed by atoms with Crippen molar-refractivity contribution in [2.75, 3.05) is 79.0 Å². The average molecular weight is 1380 g/mol. The van der Waals surface area contributed by atoms with Crippen molar-refractivity contribution in [3.63, 3.8) is 0 Å². The van der Waals surface area contributed by atoms with E-state index in [2.05, 4.69) is 63.0 Å². The lowest BCUT2D eigenvalue weighted by molar-refractivity contribution is -0.249. The van der Waals surface area contributed by atoms with Gasteiger partial charge in [-0.2, -0.15) is 0 Å². The Kier molecular flexibility index (Phi) is 36.0. The standard InChI is InChI=1S/C65H101N17O16/c1-2-3-16-49(77-57(87)48(19-11-26-72-64(67)68)75-55(85)24-29-95-30-31-96-32-33-97-34-35-98-94)58(88)79-51-22-21-43(83)23-28-71-25-10-9-18-47(56(66)86)76-61(91)53(37-42-39-74-46-17-8-7-15-45(42)46)80-59(89)50(20-12-27-73-65(69)70)78-60(90)52(36-41-13-5-4-6-14-41)81-62(92)54-38-44(84)40-82(54)63(51)93/h4-8,13-15,17,39,44,47-54,71,74,84,94H,2-3,9-12,16,18-38,40H2,1H3,(H2,66,86)(H,75,85)(H,76,91)(H,77,87)(H,78,90)(H,79,88)(H,80,89)(H,81,92)(H4,67,68,72)(H4,69,70,73)/t44-,47+,48+,49+,50+,51+,52-,53+,54+/m1/s1. The van der Waals surface area contributed by atoms with Gasteiger partial charge in [-0.3, -0.25) is 64.0 Å². The summed E-state index contributed by atoms with van der Waals surface area (Å²) >= 11 is 0. The van der Waals surface area contributed by atoms with Crippen LogP contribution in [0.15, 0.2) is 60.8 Å². The smallest absolute Gasteiger partial charge is 0.245 e. The van der Waals surface area contributed by atoms with Crippen LogP contribution in [0.2, 0.25) is 0 Å². The molecule has 3 heterocycles. The summed E-state index contributed by atoms with van der Waals surface area (Å²) in [5, 5.41) is 63.5. The highest BCUT2D eigenvalue weighted by molar-refractivity contribution is 5.99. The van der Waals surface area contributed by atoms with Crippen molar-refractivity contribution in [3.8, 4) is 0 Å². The number of nitrogens with two attached hydrogens (primary N) is 3. The number of carbonyl (C=O) groups is 10. The second kappa shape index (κ2) is 44.1. The Hall–Kier alpha value is -8.86. The summed E-state index contributed by atoms with van der Waals surface area (Å²) in [6, 6.07) is 4.99. The summed E-state index contributed by atoms with van der Waals surface area (Å²) in [5.74, 6) is -8.11. The molecule has 2 aliphatic rings. The first-order valence-corrected chi connectivity index (χ1v) is 33.5. The number of H-pyrrole nitrogens is 1. The fraction of sp³-hybridized carbons (Fsp3) is 0.600. The van der Waals surface area contributed by atoms with Crippen LogP contribution < -0.4 is 70.4 Å². The van der Waals surface area contributed by atoms with Gasteiger partial charge in [-0.1, -0.05) is 68.3 Å². The molecule has 0 saturated carbocycles. The Balaban J connectivity index is 1.44. The fourth-order valence-electron chi connectivity index (χ4n) is 11.2. The summed E-state index contributed by atoms with van der Waals surface area (Å²) in [5.41, 5.74) is 18.9. The van der Waals surface area contributed by atoms with Gasteiger partial charge in [0.1, 0.15) is 60.7 Å². The number of aromatic nitrogens is 1. The minimum Gasteiger partial charge on any atom is -0.391 e. The molecule has 9 atom stereocenters. The number of para-hydroxylation sites is 1. The number of benzene rings is 2. The third-order valence-electron chi connectivity index (χ3n) is 16.4. The number of nitrogens with one attached hydrogen (secondary N) is 13. The highest BCUT2D eigenvalue weighted by Crippen LogP contribution is 2.23. The van der Waals surface area contributed by atoms with Crippen molar-refractivity contribution in [2.24, 2.45) is 17.2 Å². The molecule has 0 spiro atoms. The number of hydrogen-bond donors (Lipinski definition) is 18. The van der Waals surface area contributed by atoms with Crippen LogP contribution in [0, 0.1) is 10.8 Å². The third kappa shape index (κ3) is 29.1. The number of primary amides is 1. The van der Waals surface area contributed by atoms with Gasteiger partial charge in [0.25, 0.3) is 0 Å². The van der Waals surface area contributed by atoms with E-state index in [0.717, 1.165) is 15.8 Å². The van der Waals surface area contributed by atoms with Gasteiger partial charge in [-0.05, 0) is 81.5 Å². The number of ketones is 1. The van der Waals surface area contributed by atoms with E-state index in [4.69, 9.17) is 47.5 Å². The third-order valence-corrected chi connectivity index (χ3v) is 16.4. The predicted molar refractivity (Wildman–Crippen MR) is 360 cm³/mol. The van der Waals surface area contributed by atoms with Crippen molar-refractivity contribution >= 4 is 81.8 Å². The monoisotopic (exact) mass is 1380 g/mol. The molecule has 0 bridgehead atoms. The number of aliphatic hydroxyl groups excluding tert-OH is 1. The molecular weight excluding hydrogens is 1270 g/mol. The van der Waals surface area contributed by atoms with Crippen molar-refractivity contribution in [2.45, 2.75) is 171 Å². The summed E-state index contributed by atoms with van der Waals surface area (Å²) in [7, 11) is 0. The van der Waals surface area contributed by atoms with E-state index in [0.29, 0.717) is 43.4 Å². The lowest BCUT2D eigenvalue weighted by Crippen LogP contribution is -2.60. The largest absolute Gasteiger partial charge is 0.391 e. The van der Waals surface area contributed by atoms with Crippen LogP contribution >= 0.6 is 0 Å². The minimum absolute atomic E-state index is 0.0139. The first-order valence-electron chi connectivity index (χ1n) is 33.5. The van der Waals surface area contributed by atoms with Gasteiger partial charge in [0.15, 0.2) is 11.9 Å². The molecule has 1 aromatic heterocycles. The second-order valence-corrected chi connectivity index (χ2v) is 24.1. The number of hydrogen-bond acceptors (Lipinski definition) is 19. The van der Waals surface area contributed by atoms with Gasteiger partial charge < -0.3 is 99.6 Å². The predicted octanol–water partition coefficient (Wildman–Crippen LogP) is -2.05. The number of nitrogens with zero attached hydrogens (tertiary/aromatic N) is 1. The number of guanidine groups is 2. The molecule has 33 nitrogen and oxygen atoms in total. The Morgan fingerprint density at radius 1 is 0.673 bits per heavy atom. The number of carbonyl (C=O) groups excluding carboxylic acids is 10. The zero-order chi connectivity index (χ0) is 71.2. The van der Waals surface area contributed by atoms with E-state index in [1.165, 1.54) is 0 Å². The van der Waals surface area contributed by atoms with E-state index < -0.39 is 114 Å². The van der Waals surface area contributed by atoms with Crippen LogP contribution in [0.4, 0.5) is 0 Å². The maximum absolute atomic E-state index is 15.2. The van der Waals surface area contributed by atoms with Gasteiger partial charge in [-0.15, -0.1) is 0 Å². The number of unbranched alkanes of at least 4 members (excludes halogenated alkanes) is 1. The highest BCUT2D eigenvalue weighted by Gasteiger charge is 2.43. The molecule has 21 N–H and O–H groups in total. The van der Waals surface area contributed by atoms with E-state index in [1.807, 2.05) is 31.2 Å². The Bertz CT molecular complexity index is 3070. The summed E-state index contributed by atoms with van der Waals surface area (Å²) in [6.07, 6.45) is 1.47. The quantitative estimate of drug-likeness (QED) is 0.0103. The summed E-state index contributed by atoms with van der Waals surface area (Å²) < 4.78 is 16.2. The number of amides is 9. The summed E-state index contributed by atoms with van der Waals surface area (Å²) in [6.45, 7) is 3.29. The first-order chi connectivity index (χ1) is 47.2. The molecule has 3 aromatic rings. The molecule has 5 rings (SSSR count). The van der Waals surface area contributed by atoms with Gasteiger partial charge in [0, 0.05) is 81.8 Å². The zero-order valence-corrected chi connectivity index (χ0v) is 55.8. The Morgan fingerprint density at radius 2 is 1.29 bits per heavy atom. The molecule has 9 amide bonds. The van der Waals surface area contributed by atoms with E-state index in [1.54, 1.807) is 36.5 Å². The Morgan fingerprint density at radius 3 is 1.98 bits per heavy atom. The van der Waals surface area contributed by atoms with E-state index in [9.17, 15) is 48.3 Å². The highest BCUT2D eigenvalue weighted by atomic mass is 17.1. The van der Waals surface area contributed by atoms with Crippen molar-refractivity contribution in [1.82, 2.24) is 63.1 Å². The number of ether oxygens (including phenoxy) is 3. The number of aliphatic hydroxyl groups is 1. The molecule has 0 unspecified atom stereocenters. The van der Waals surface area contributed by atoms with Gasteiger partial charge in [0.2, 0.25) is 53.2 Å². The van der Waals surface area contributed by atoms with Crippen LogP contribution in [0.3, 0.4) is 0 Å². The second-order valence-electron chi connectivity index (χ2n) is 24.1. The van der Waals surface area contributed by atoms with Crippen molar-refractivity contribution < 1.29 is 77.4 Å².